The zero-order chi connectivity index (χ0) is 10.4. The van der Waals surface area contributed by atoms with Crippen molar-refractivity contribution in [1.29, 1.82) is 5.26 Å². The number of hydrogen-bond acceptors (Lipinski definition) is 4. The molecule has 1 N–H and O–H groups in total. The van der Waals surface area contributed by atoms with Crippen LogP contribution in [0.4, 0.5) is 0 Å². The van der Waals surface area contributed by atoms with E-state index in [1.165, 1.54) is 0 Å². The van der Waals surface area contributed by atoms with E-state index >= 15 is 0 Å². The van der Waals surface area contributed by atoms with E-state index in [0.29, 0.717) is 26.2 Å². The second-order valence-corrected chi connectivity index (χ2v) is 3.18. The van der Waals surface area contributed by atoms with Gasteiger partial charge in [0, 0.05) is 19.6 Å². The number of carbonyl (C=O) groups is 1. The molecule has 1 unspecified atom stereocenters. The molecule has 1 amide bonds. The predicted octanol–water partition coefficient (Wildman–Crippen LogP) is -0.653. The Kier molecular flexibility index (Phi) is 4.36. The molecule has 1 aliphatic heterocycles. The van der Waals surface area contributed by atoms with Crippen LogP contribution in [0, 0.1) is 11.3 Å². The smallest absolute Gasteiger partial charge is 0.234 e. The number of carbonyl (C=O) groups excluding carboxylic acids is 1. The molecule has 0 aromatic rings. The summed E-state index contributed by atoms with van der Waals surface area (Å²) < 4.78 is 5.16. The highest BCUT2D eigenvalue weighted by atomic mass is 16.5. The van der Waals surface area contributed by atoms with Crippen LogP contribution in [0.2, 0.25) is 0 Å². The minimum Gasteiger partial charge on any atom is -0.361 e. The van der Waals surface area contributed by atoms with Crippen molar-refractivity contribution in [3.8, 4) is 6.07 Å². The van der Waals surface area contributed by atoms with Gasteiger partial charge < -0.3 is 10.1 Å². The molecule has 5 heteroatoms. The zero-order valence-electron chi connectivity index (χ0n) is 8.32. The van der Waals surface area contributed by atoms with Gasteiger partial charge in [0.25, 0.3) is 0 Å². The summed E-state index contributed by atoms with van der Waals surface area (Å²) in [7, 11) is 0. The van der Waals surface area contributed by atoms with Gasteiger partial charge in [0.2, 0.25) is 5.91 Å². The van der Waals surface area contributed by atoms with Crippen LogP contribution < -0.4 is 5.32 Å². The Bertz CT molecular complexity index is 237. The third-order valence-electron chi connectivity index (χ3n) is 2.04. The first kappa shape index (κ1) is 11.0. The molecule has 1 atom stereocenters. The van der Waals surface area contributed by atoms with E-state index in [-0.39, 0.29) is 5.91 Å². The molecule has 0 aliphatic carbocycles. The number of rotatable bonds is 3. The molecule has 0 saturated carbocycles. The molecule has 1 rings (SSSR count). The van der Waals surface area contributed by atoms with Gasteiger partial charge in [-0.1, -0.05) is 0 Å². The third kappa shape index (κ3) is 3.32. The average Bonchev–Trinajstić information content (AvgIpc) is 2.18. The number of nitriles is 1. The Morgan fingerprint density at radius 1 is 1.79 bits per heavy atom. The fraction of sp³-hybridized carbons (Fsp3) is 0.778. The van der Waals surface area contributed by atoms with Crippen molar-refractivity contribution >= 4 is 5.91 Å². The second-order valence-electron chi connectivity index (χ2n) is 3.18. The van der Waals surface area contributed by atoms with E-state index in [1.807, 2.05) is 17.9 Å². The van der Waals surface area contributed by atoms with Crippen molar-refractivity contribution in [2.45, 2.75) is 13.0 Å². The molecule has 14 heavy (non-hydrogen) atoms. The number of amides is 1. The first-order valence-electron chi connectivity index (χ1n) is 4.76. The lowest BCUT2D eigenvalue weighted by Crippen LogP contribution is -2.46. The van der Waals surface area contributed by atoms with Crippen molar-refractivity contribution in [3.63, 3.8) is 0 Å². The normalized spacial score (nSPS) is 22.7. The molecule has 1 heterocycles. The van der Waals surface area contributed by atoms with Crippen LogP contribution in [0.15, 0.2) is 0 Å². The topological polar surface area (TPSA) is 65.4 Å². The van der Waals surface area contributed by atoms with Gasteiger partial charge in [-0.2, -0.15) is 5.26 Å². The molecule has 0 bridgehead atoms. The van der Waals surface area contributed by atoms with Crippen LogP contribution in [-0.4, -0.2) is 49.7 Å². The van der Waals surface area contributed by atoms with Crippen LogP contribution in [0.25, 0.3) is 0 Å². The summed E-state index contributed by atoms with van der Waals surface area (Å²) in [5, 5.41) is 11.4. The van der Waals surface area contributed by atoms with Crippen molar-refractivity contribution in [2.75, 3.05) is 32.8 Å². The van der Waals surface area contributed by atoms with E-state index in [0.717, 1.165) is 6.54 Å². The Balaban J connectivity index is 2.31. The highest BCUT2D eigenvalue weighted by Gasteiger charge is 2.21. The first-order chi connectivity index (χ1) is 6.76. The lowest BCUT2D eigenvalue weighted by atomic mass is 10.3. The van der Waals surface area contributed by atoms with Crippen LogP contribution in [-0.2, 0) is 9.53 Å². The number of hydrogen-bond donors (Lipinski definition) is 1. The number of morpholine rings is 1. The fourth-order valence-electron chi connectivity index (χ4n) is 1.38. The fourth-order valence-corrected chi connectivity index (χ4v) is 1.38. The maximum atomic E-state index is 11.2. The molecule has 78 valence electrons. The molecule has 0 radical (unpaired) electrons. The largest absolute Gasteiger partial charge is 0.361 e. The molecule has 0 aromatic heterocycles. The van der Waals surface area contributed by atoms with Gasteiger partial charge in [-0.05, 0) is 6.92 Å². The second kappa shape index (κ2) is 5.58. The number of nitrogens with one attached hydrogen (secondary N) is 1. The van der Waals surface area contributed by atoms with E-state index in [2.05, 4.69) is 5.32 Å². The summed E-state index contributed by atoms with van der Waals surface area (Å²) in [6.45, 7) is 4.65. The Morgan fingerprint density at radius 2 is 2.57 bits per heavy atom. The summed E-state index contributed by atoms with van der Waals surface area (Å²) >= 11 is 0. The Labute approximate surface area is 83.6 Å². The Hall–Kier alpha value is -1.12. The van der Waals surface area contributed by atoms with Crippen molar-refractivity contribution < 1.29 is 9.53 Å². The number of nitrogens with zero attached hydrogens (tertiary/aromatic N) is 2. The summed E-state index contributed by atoms with van der Waals surface area (Å²) in [6.07, 6.45) is -0.391. The quantitative estimate of drug-likeness (QED) is 0.652. The molecule has 5 nitrogen and oxygen atoms in total. The van der Waals surface area contributed by atoms with Crippen molar-refractivity contribution in [3.05, 3.63) is 0 Å². The number of likely N-dealkylation sites (N-methyl/N-ethyl adjacent to an activating group) is 1. The van der Waals surface area contributed by atoms with Crippen LogP contribution in [0.1, 0.15) is 6.92 Å². The van der Waals surface area contributed by atoms with Gasteiger partial charge in [-0.15, -0.1) is 0 Å². The lowest BCUT2D eigenvalue weighted by Gasteiger charge is -2.28. The third-order valence-corrected chi connectivity index (χ3v) is 2.04. The standard InChI is InChI=1S/C9H15N3O2/c1-2-11-9(13)7-12-3-4-14-8(5-10)6-12/h8H,2-4,6-7H2,1H3,(H,11,13). The first-order valence-corrected chi connectivity index (χ1v) is 4.76. The van der Waals surface area contributed by atoms with Crippen LogP contribution >= 0.6 is 0 Å². The van der Waals surface area contributed by atoms with Gasteiger partial charge >= 0.3 is 0 Å². The van der Waals surface area contributed by atoms with E-state index < -0.39 is 6.10 Å². The molecular weight excluding hydrogens is 182 g/mol. The number of ether oxygens (including phenoxy) is 1. The lowest BCUT2D eigenvalue weighted by molar-refractivity contribution is -0.123. The van der Waals surface area contributed by atoms with Gasteiger partial charge in [0.15, 0.2) is 6.10 Å². The van der Waals surface area contributed by atoms with Crippen molar-refractivity contribution in [2.24, 2.45) is 0 Å². The van der Waals surface area contributed by atoms with E-state index in [9.17, 15) is 4.79 Å². The monoisotopic (exact) mass is 197 g/mol. The van der Waals surface area contributed by atoms with Gasteiger partial charge in [0.1, 0.15) is 0 Å². The minimum atomic E-state index is -0.391. The zero-order valence-corrected chi connectivity index (χ0v) is 8.32. The Morgan fingerprint density at radius 3 is 3.21 bits per heavy atom. The van der Waals surface area contributed by atoms with Gasteiger partial charge in [0.05, 0.1) is 19.2 Å². The van der Waals surface area contributed by atoms with Crippen LogP contribution in [0.5, 0.6) is 0 Å². The van der Waals surface area contributed by atoms with E-state index in [1.54, 1.807) is 0 Å². The molecule has 1 saturated heterocycles. The molecular formula is C9H15N3O2. The molecule has 0 aromatic carbocycles. The average molecular weight is 197 g/mol. The minimum absolute atomic E-state index is 0.00564. The van der Waals surface area contributed by atoms with Gasteiger partial charge in [-0.25, -0.2) is 0 Å². The summed E-state index contributed by atoms with van der Waals surface area (Å²) in [4.78, 5) is 13.2. The highest BCUT2D eigenvalue weighted by Crippen LogP contribution is 2.03. The van der Waals surface area contributed by atoms with Crippen molar-refractivity contribution in [1.82, 2.24) is 10.2 Å². The summed E-state index contributed by atoms with van der Waals surface area (Å²) in [6, 6.07) is 2.04. The maximum Gasteiger partial charge on any atom is 0.234 e. The highest BCUT2D eigenvalue weighted by molar-refractivity contribution is 5.77. The SMILES string of the molecule is CCNC(=O)CN1CCOC(C#N)C1. The molecule has 0 spiro atoms. The maximum absolute atomic E-state index is 11.2. The van der Waals surface area contributed by atoms with E-state index in [4.69, 9.17) is 10.00 Å². The summed E-state index contributed by atoms with van der Waals surface area (Å²) in [5.41, 5.74) is 0. The predicted molar refractivity (Wildman–Crippen MR) is 50.5 cm³/mol. The van der Waals surface area contributed by atoms with Gasteiger partial charge in [-0.3, -0.25) is 9.69 Å². The van der Waals surface area contributed by atoms with Crippen LogP contribution in [0.3, 0.4) is 0 Å². The summed E-state index contributed by atoms with van der Waals surface area (Å²) in [5.74, 6) is 0.00564. The molecule has 1 fully saturated rings. The molecule has 1 aliphatic rings.